The van der Waals surface area contributed by atoms with Crippen LogP contribution in [-0.4, -0.2) is 89.2 Å². The maximum Gasteiger partial charge on any atom is 0.335 e. The van der Waals surface area contributed by atoms with E-state index in [0.717, 1.165) is 122 Å². The molecule has 0 aromatic heterocycles. The van der Waals surface area contributed by atoms with E-state index < -0.39 is 67.3 Å². The molecular formula is C63H98O12. The summed E-state index contributed by atoms with van der Waals surface area (Å²) in [6.07, 6.45) is 56.1. The summed E-state index contributed by atoms with van der Waals surface area (Å²) >= 11 is 0. The normalized spacial score (nSPS) is 19.1. The molecule has 1 saturated heterocycles. The lowest BCUT2D eigenvalue weighted by Gasteiger charge is -2.40. The van der Waals surface area contributed by atoms with E-state index in [9.17, 15) is 34.5 Å². The second kappa shape index (κ2) is 50.0. The van der Waals surface area contributed by atoms with Gasteiger partial charge in [0.1, 0.15) is 18.8 Å². The van der Waals surface area contributed by atoms with E-state index in [1.807, 2.05) is 0 Å². The maximum absolute atomic E-state index is 13.1. The number of unbranched alkanes of at least 4 members (excludes halogenated alkanes) is 12. The average Bonchev–Trinajstić information content (AvgIpc) is 3.39. The van der Waals surface area contributed by atoms with Crippen molar-refractivity contribution in [3.05, 3.63) is 122 Å². The van der Waals surface area contributed by atoms with Gasteiger partial charge in [-0.05, 0) is 122 Å². The minimum atomic E-state index is -1.93. The number of hydrogen-bond acceptors (Lipinski definition) is 11. The summed E-state index contributed by atoms with van der Waals surface area (Å²) in [5.41, 5.74) is 0. The van der Waals surface area contributed by atoms with Crippen LogP contribution in [0.2, 0.25) is 0 Å². The van der Waals surface area contributed by atoms with Gasteiger partial charge in [-0.15, -0.1) is 0 Å². The number of rotatable bonds is 46. The third-order valence-electron chi connectivity index (χ3n) is 12.0. The number of esters is 3. The molecule has 12 heteroatoms. The van der Waals surface area contributed by atoms with Crippen LogP contribution in [0.15, 0.2) is 122 Å². The van der Waals surface area contributed by atoms with Gasteiger partial charge in [-0.25, -0.2) is 4.79 Å². The lowest BCUT2D eigenvalue weighted by Crippen LogP contribution is -2.61. The SMILES string of the molecule is CC/C=C\C/C=C\C/C=C\C/C=C\C/C=C\CCCCCC(=O)OCC(COC1OC(C(=O)O)C(O)C(O)C1OC(=O)CCCC/C=C\C/C=C\C/C=C\C/C=C\CC)OC(=O)CCCCCCC/C=C\CCCC. The minimum absolute atomic E-state index is 0.00240. The van der Waals surface area contributed by atoms with Crippen LogP contribution in [-0.2, 0) is 42.9 Å². The highest BCUT2D eigenvalue weighted by Crippen LogP contribution is 2.26. The molecule has 0 radical (unpaired) electrons. The molecule has 75 heavy (non-hydrogen) atoms. The van der Waals surface area contributed by atoms with Crippen molar-refractivity contribution < 1.29 is 58.2 Å². The van der Waals surface area contributed by atoms with Gasteiger partial charge in [-0.2, -0.15) is 0 Å². The van der Waals surface area contributed by atoms with E-state index >= 15 is 0 Å². The highest BCUT2D eigenvalue weighted by atomic mass is 16.7. The van der Waals surface area contributed by atoms with Crippen LogP contribution in [0.5, 0.6) is 0 Å². The molecule has 1 heterocycles. The Balaban J connectivity index is 2.74. The van der Waals surface area contributed by atoms with E-state index in [1.54, 1.807) is 0 Å². The van der Waals surface area contributed by atoms with E-state index in [0.29, 0.717) is 25.7 Å². The number of carbonyl (C=O) groups excluding carboxylic acids is 3. The van der Waals surface area contributed by atoms with Crippen molar-refractivity contribution in [2.45, 2.75) is 237 Å². The number of aliphatic hydroxyl groups is 2. The van der Waals surface area contributed by atoms with E-state index in [-0.39, 0.29) is 25.9 Å². The molecule has 0 aliphatic carbocycles. The molecule has 1 aliphatic rings. The molecule has 422 valence electrons. The number of ether oxygens (including phenoxy) is 5. The first-order valence-corrected chi connectivity index (χ1v) is 28.5. The number of aliphatic hydroxyl groups excluding tert-OH is 2. The Kier molecular flexibility index (Phi) is 45.4. The monoisotopic (exact) mass is 1050 g/mol. The minimum Gasteiger partial charge on any atom is -0.479 e. The third kappa shape index (κ3) is 40.1. The number of carboxylic acids is 1. The summed E-state index contributed by atoms with van der Waals surface area (Å²) in [4.78, 5) is 51.0. The molecule has 0 saturated carbocycles. The quantitative estimate of drug-likeness (QED) is 0.0228. The molecule has 1 fully saturated rings. The molecule has 1 aliphatic heterocycles. The van der Waals surface area contributed by atoms with E-state index in [4.69, 9.17) is 23.7 Å². The lowest BCUT2D eigenvalue weighted by atomic mass is 9.98. The molecule has 12 nitrogen and oxygen atoms in total. The van der Waals surface area contributed by atoms with Gasteiger partial charge in [0, 0.05) is 19.3 Å². The van der Waals surface area contributed by atoms with Crippen molar-refractivity contribution in [2.24, 2.45) is 0 Å². The van der Waals surface area contributed by atoms with Crippen LogP contribution in [0.25, 0.3) is 0 Å². The predicted octanol–water partition coefficient (Wildman–Crippen LogP) is 14.4. The Morgan fingerprint density at radius 2 is 0.840 bits per heavy atom. The molecule has 0 aromatic rings. The number of aliphatic carboxylic acids is 1. The van der Waals surface area contributed by atoms with Gasteiger partial charge in [0.15, 0.2) is 24.6 Å². The highest BCUT2D eigenvalue weighted by molar-refractivity contribution is 5.74. The average molecular weight is 1050 g/mol. The first kappa shape index (κ1) is 68.1. The summed E-state index contributed by atoms with van der Waals surface area (Å²) in [6.45, 7) is 5.64. The van der Waals surface area contributed by atoms with Gasteiger partial charge < -0.3 is 39.0 Å². The fraction of sp³-hybridized carbons (Fsp3) is 0.619. The van der Waals surface area contributed by atoms with Crippen LogP contribution in [0.4, 0.5) is 0 Å². The van der Waals surface area contributed by atoms with Crippen LogP contribution >= 0.6 is 0 Å². The summed E-state index contributed by atoms with van der Waals surface area (Å²) < 4.78 is 28.3. The largest absolute Gasteiger partial charge is 0.479 e. The number of allylic oxidation sites excluding steroid dienone is 20. The summed E-state index contributed by atoms with van der Waals surface area (Å²) in [5.74, 6) is -3.25. The molecule has 0 spiro atoms. The Bertz CT molecular complexity index is 1770. The van der Waals surface area contributed by atoms with Crippen LogP contribution in [0.3, 0.4) is 0 Å². The van der Waals surface area contributed by atoms with E-state index in [2.05, 4.69) is 142 Å². The van der Waals surface area contributed by atoms with Crippen molar-refractivity contribution >= 4 is 23.9 Å². The molecule has 3 N–H and O–H groups in total. The first-order chi connectivity index (χ1) is 36.6. The second-order valence-electron chi connectivity index (χ2n) is 18.8. The molecule has 0 aromatic carbocycles. The molecule has 0 bridgehead atoms. The van der Waals surface area contributed by atoms with Crippen LogP contribution < -0.4 is 0 Å². The van der Waals surface area contributed by atoms with Gasteiger partial charge in [0.05, 0.1) is 6.61 Å². The molecule has 0 amide bonds. The van der Waals surface area contributed by atoms with Gasteiger partial charge in [-0.1, -0.05) is 181 Å². The van der Waals surface area contributed by atoms with E-state index in [1.165, 1.54) is 12.8 Å². The van der Waals surface area contributed by atoms with Crippen molar-refractivity contribution in [1.82, 2.24) is 0 Å². The van der Waals surface area contributed by atoms with Gasteiger partial charge in [-0.3, -0.25) is 14.4 Å². The standard InChI is InChI=1S/C63H98O12/c1-4-7-10-13-16-19-22-24-26-27-28-29-31-32-35-37-40-43-46-49-55(64)71-52-54(73-56(65)50-47-44-41-38-34-21-18-15-12-9-6-3)53-72-63-61(59(68)58(67)60(75-63)62(69)70)74-57(66)51-48-45-42-39-36-33-30-25-23-20-17-14-11-8-5-2/h7-8,10-11,15-20,24-26,28-30,32,35-36,39,54,58-61,63,67-68H,4-6,9,12-14,21-23,27,31,33-34,37-38,40-53H2,1-3H3,(H,69,70)/b10-7-,11-8-,18-15-,19-16-,20-17-,26-24-,29-28-,30-25-,35-32-,39-36-. The van der Waals surface area contributed by atoms with Gasteiger partial charge in [0.2, 0.25) is 0 Å². The van der Waals surface area contributed by atoms with Gasteiger partial charge >= 0.3 is 23.9 Å². The number of carbonyl (C=O) groups is 4. The predicted molar refractivity (Wildman–Crippen MR) is 303 cm³/mol. The topological polar surface area (TPSA) is 175 Å². The summed E-state index contributed by atoms with van der Waals surface area (Å²) in [5, 5.41) is 31.4. The maximum atomic E-state index is 13.1. The molecular weight excluding hydrogens is 949 g/mol. The van der Waals surface area contributed by atoms with Crippen molar-refractivity contribution in [2.75, 3.05) is 13.2 Å². The van der Waals surface area contributed by atoms with Crippen molar-refractivity contribution in [3.63, 3.8) is 0 Å². The van der Waals surface area contributed by atoms with Crippen LogP contribution in [0.1, 0.15) is 201 Å². The zero-order valence-electron chi connectivity index (χ0n) is 46.2. The Morgan fingerprint density at radius 1 is 0.453 bits per heavy atom. The smallest absolute Gasteiger partial charge is 0.335 e. The first-order valence-electron chi connectivity index (χ1n) is 28.5. The Labute approximate surface area is 452 Å². The Morgan fingerprint density at radius 3 is 1.33 bits per heavy atom. The number of hydrogen-bond donors (Lipinski definition) is 3. The molecule has 6 atom stereocenters. The number of carboxylic acid groups (broad SMARTS) is 1. The zero-order valence-corrected chi connectivity index (χ0v) is 46.2. The summed E-state index contributed by atoms with van der Waals surface area (Å²) in [6, 6.07) is 0. The summed E-state index contributed by atoms with van der Waals surface area (Å²) in [7, 11) is 0. The Hall–Kier alpha value is -4.88. The lowest BCUT2D eigenvalue weighted by molar-refractivity contribution is -0.301. The molecule has 1 rings (SSSR count). The van der Waals surface area contributed by atoms with Crippen molar-refractivity contribution in [3.8, 4) is 0 Å². The van der Waals surface area contributed by atoms with Crippen molar-refractivity contribution in [1.29, 1.82) is 0 Å². The zero-order chi connectivity index (χ0) is 54.7. The highest BCUT2D eigenvalue weighted by Gasteiger charge is 2.50. The fourth-order valence-electron chi connectivity index (χ4n) is 7.66. The second-order valence-corrected chi connectivity index (χ2v) is 18.8. The third-order valence-corrected chi connectivity index (χ3v) is 12.0. The van der Waals surface area contributed by atoms with Gasteiger partial charge in [0.25, 0.3) is 0 Å². The molecule has 6 unspecified atom stereocenters. The fourth-order valence-corrected chi connectivity index (χ4v) is 7.66. The van der Waals surface area contributed by atoms with Crippen LogP contribution in [0, 0.1) is 0 Å².